The van der Waals surface area contributed by atoms with Gasteiger partial charge in [0.25, 0.3) is 0 Å². The van der Waals surface area contributed by atoms with Crippen LogP contribution in [-0.4, -0.2) is 50.7 Å². The minimum absolute atomic E-state index is 0.245. The Labute approximate surface area is 99.3 Å². The zero-order valence-electron chi connectivity index (χ0n) is 10.9. The summed E-state index contributed by atoms with van der Waals surface area (Å²) in [5.41, 5.74) is 0. The predicted molar refractivity (Wildman–Crippen MR) is 66.5 cm³/mol. The SMILES string of the molecule is CCN(CC)C(=O)CCNCCCCOC. The van der Waals surface area contributed by atoms with E-state index in [0.29, 0.717) is 6.42 Å². The van der Waals surface area contributed by atoms with Crippen LogP contribution in [0.5, 0.6) is 0 Å². The molecule has 0 atom stereocenters. The number of unbranched alkanes of at least 4 members (excludes halogenated alkanes) is 1. The molecule has 0 heterocycles. The van der Waals surface area contributed by atoms with E-state index in [2.05, 4.69) is 5.32 Å². The molecule has 1 amide bonds. The molecule has 1 N–H and O–H groups in total. The molecule has 4 nitrogen and oxygen atoms in total. The van der Waals surface area contributed by atoms with E-state index in [-0.39, 0.29) is 5.91 Å². The van der Waals surface area contributed by atoms with Gasteiger partial charge in [-0.1, -0.05) is 0 Å². The van der Waals surface area contributed by atoms with Gasteiger partial charge in [-0.3, -0.25) is 4.79 Å². The summed E-state index contributed by atoms with van der Waals surface area (Å²) in [4.78, 5) is 13.5. The van der Waals surface area contributed by atoms with Crippen LogP contribution in [-0.2, 0) is 9.53 Å². The van der Waals surface area contributed by atoms with E-state index in [0.717, 1.165) is 45.6 Å². The average Bonchev–Trinajstić information content (AvgIpc) is 2.29. The number of carbonyl (C=O) groups excluding carboxylic acids is 1. The number of carbonyl (C=O) groups is 1. The number of amides is 1. The van der Waals surface area contributed by atoms with Crippen LogP contribution in [0, 0.1) is 0 Å². The standard InChI is InChI=1S/C12H26N2O2/c1-4-14(5-2)12(15)8-10-13-9-6-7-11-16-3/h13H,4-11H2,1-3H3. The molecule has 0 rings (SSSR count). The Hall–Kier alpha value is -0.610. The quantitative estimate of drug-likeness (QED) is 0.575. The third-order valence-electron chi connectivity index (χ3n) is 2.58. The van der Waals surface area contributed by atoms with E-state index < -0.39 is 0 Å². The predicted octanol–water partition coefficient (Wildman–Crippen LogP) is 1.26. The Balaban J connectivity index is 3.33. The maximum atomic E-state index is 11.6. The maximum absolute atomic E-state index is 11.6. The zero-order valence-corrected chi connectivity index (χ0v) is 10.9. The fourth-order valence-corrected chi connectivity index (χ4v) is 1.55. The lowest BCUT2D eigenvalue weighted by Crippen LogP contribution is -2.33. The Morgan fingerprint density at radius 2 is 1.88 bits per heavy atom. The van der Waals surface area contributed by atoms with Gasteiger partial charge in [0.05, 0.1) is 0 Å². The molecule has 0 fully saturated rings. The van der Waals surface area contributed by atoms with E-state index in [1.165, 1.54) is 0 Å². The van der Waals surface area contributed by atoms with Crippen LogP contribution < -0.4 is 5.32 Å². The van der Waals surface area contributed by atoms with Gasteiger partial charge in [0, 0.05) is 39.8 Å². The third-order valence-corrected chi connectivity index (χ3v) is 2.58. The number of methoxy groups -OCH3 is 1. The smallest absolute Gasteiger partial charge is 0.223 e. The van der Waals surface area contributed by atoms with Crippen LogP contribution in [0.3, 0.4) is 0 Å². The molecule has 0 saturated carbocycles. The first-order chi connectivity index (χ1) is 7.76. The van der Waals surface area contributed by atoms with Crippen molar-refractivity contribution < 1.29 is 9.53 Å². The number of hydrogen-bond acceptors (Lipinski definition) is 3. The first-order valence-corrected chi connectivity index (χ1v) is 6.23. The van der Waals surface area contributed by atoms with Crippen LogP contribution in [0.1, 0.15) is 33.1 Å². The van der Waals surface area contributed by atoms with E-state index in [1.54, 1.807) is 7.11 Å². The van der Waals surface area contributed by atoms with Crippen LogP contribution >= 0.6 is 0 Å². The summed E-state index contributed by atoms with van der Waals surface area (Å²) in [5.74, 6) is 0.245. The molecule has 96 valence electrons. The largest absolute Gasteiger partial charge is 0.385 e. The highest BCUT2D eigenvalue weighted by atomic mass is 16.5. The summed E-state index contributed by atoms with van der Waals surface area (Å²) in [5, 5.41) is 3.28. The molecule has 0 bridgehead atoms. The molecule has 16 heavy (non-hydrogen) atoms. The Kier molecular flexibility index (Phi) is 10.5. The van der Waals surface area contributed by atoms with Crippen LogP contribution in [0.4, 0.5) is 0 Å². The number of rotatable bonds is 10. The lowest BCUT2D eigenvalue weighted by molar-refractivity contribution is -0.130. The molecule has 0 unspecified atom stereocenters. The molecule has 0 radical (unpaired) electrons. The fraction of sp³-hybridized carbons (Fsp3) is 0.917. The van der Waals surface area contributed by atoms with Gasteiger partial charge in [-0.05, 0) is 33.2 Å². The molecule has 4 heteroatoms. The van der Waals surface area contributed by atoms with Crippen LogP contribution in [0.25, 0.3) is 0 Å². The van der Waals surface area contributed by atoms with E-state index in [1.807, 2.05) is 18.7 Å². The Morgan fingerprint density at radius 3 is 2.44 bits per heavy atom. The van der Waals surface area contributed by atoms with Gasteiger partial charge < -0.3 is 15.0 Å². The molecule has 0 aromatic heterocycles. The monoisotopic (exact) mass is 230 g/mol. The summed E-state index contributed by atoms with van der Waals surface area (Å²) in [6, 6.07) is 0. The fourth-order valence-electron chi connectivity index (χ4n) is 1.55. The normalized spacial score (nSPS) is 10.4. The van der Waals surface area contributed by atoms with E-state index >= 15 is 0 Å². The second-order valence-electron chi connectivity index (χ2n) is 3.77. The average molecular weight is 230 g/mol. The van der Waals surface area contributed by atoms with Crippen molar-refractivity contribution in [3.8, 4) is 0 Å². The van der Waals surface area contributed by atoms with Crippen molar-refractivity contribution in [2.75, 3.05) is 39.9 Å². The maximum Gasteiger partial charge on any atom is 0.223 e. The summed E-state index contributed by atoms with van der Waals surface area (Å²) in [7, 11) is 1.72. The third kappa shape index (κ3) is 7.65. The van der Waals surface area contributed by atoms with Crippen molar-refractivity contribution in [3.63, 3.8) is 0 Å². The molecule has 0 aliphatic carbocycles. The number of ether oxygens (including phenoxy) is 1. The molecule has 0 saturated heterocycles. The number of nitrogens with one attached hydrogen (secondary N) is 1. The van der Waals surface area contributed by atoms with Crippen molar-refractivity contribution >= 4 is 5.91 Å². The summed E-state index contributed by atoms with van der Waals surface area (Å²) >= 11 is 0. The lowest BCUT2D eigenvalue weighted by atomic mass is 10.3. The molecule has 0 aromatic carbocycles. The van der Waals surface area contributed by atoms with Crippen molar-refractivity contribution in [1.29, 1.82) is 0 Å². The van der Waals surface area contributed by atoms with Crippen molar-refractivity contribution in [2.24, 2.45) is 0 Å². The van der Waals surface area contributed by atoms with Crippen LogP contribution in [0.2, 0.25) is 0 Å². The van der Waals surface area contributed by atoms with Gasteiger partial charge in [0.1, 0.15) is 0 Å². The molecule has 0 spiro atoms. The zero-order chi connectivity index (χ0) is 12.2. The first kappa shape index (κ1) is 15.4. The van der Waals surface area contributed by atoms with Gasteiger partial charge in [0.15, 0.2) is 0 Å². The van der Waals surface area contributed by atoms with Crippen molar-refractivity contribution in [2.45, 2.75) is 33.1 Å². The van der Waals surface area contributed by atoms with E-state index in [9.17, 15) is 4.79 Å². The second kappa shape index (κ2) is 10.9. The van der Waals surface area contributed by atoms with E-state index in [4.69, 9.17) is 4.74 Å². The van der Waals surface area contributed by atoms with Crippen molar-refractivity contribution in [3.05, 3.63) is 0 Å². The summed E-state index contributed by atoms with van der Waals surface area (Å²) in [6.07, 6.45) is 2.78. The Morgan fingerprint density at radius 1 is 1.19 bits per heavy atom. The highest BCUT2D eigenvalue weighted by Crippen LogP contribution is 1.93. The minimum Gasteiger partial charge on any atom is -0.385 e. The van der Waals surface area contributed by atoms with Gasteiger partial charge in [-0.15, -0.1) is 0 Å². The number of nitrogens with zero attached hydrogens (tertiary/aromatic N) is 1. The Bertz CT molecular complexity index is 170. The van der Waals surface area contributed by atoms with Crippen molar-refractivity contribution in [1.82, 2.24) is 10.2 Å². The molecular formula is C12H26N2O2. The second-order valence-corrected chi connectivity index (χ2v) is 3.77. The molecule has 0 aliphatic heterocycles. The van der Waals surface area contributed by atoms with Gasteiger partial charge in [-0.25, -0.2) is 0 Å². The topological polar surface area (TPSA) is 41.6 Å². The van der Waals surface area contributed by atoms with Gasteiger partial charge in [0.2, 0.25) is 5.91 Å². The molecule has 0 aromatic rings. The lowest BCUT2D eigenvalue weighted by Gasteiger charge is -2.18. The summed E-state index contributed by atoms with van der Waals surface area (Å²) in [6.45, 7) is 8.21. The first-order valence-electron chi connectivity index (χ1n) is 6.23. The van der Waals surface area contributed by atoms with Gasteiger partial charge in [-0.2, -0.15) is 0 Å². The van der Waals surface area contributed by atoms with Gasteiger partial charge >= 0.3 is 0 Å². The molecular weight excluding hydrogens is 204 g/mol. The number of hydrogen-bond donors (Lipinski definition) is 1. The highest BCUT2D eigenvalue weighted by molar-refractivity contribution is 5.76. The summed E-state index contributed by atoms with van der Waals surface area (Å²) < 4.78 is 4.96. The van der Waals surface area contributed by atoms with Crippen LogP contribution in [0.15, 0.2) is 0 Å². The minimum atomic E-state index is 0.245. The highest BCUT2D eigenvalue weighted by Gasteiger charge is 2.07. The molecule has 0 aliphatic rings.